The molecular formula is C10H13Cl2N3O2. The van der Waals surface area contributed by atoms with Crippen LogP contribution in [-0.4, -0.2) is 35.4 Å². The number of amides is 1. The number of hydrogen-bond donors (Lipinski definition) is 1. The Labute approximate surface area is 109 Å². The summed E-state index contributed by atoms with van der Waals surface area (Å²) in [5, 5.41) is 9.90. The van der Waals surface area contributed by atoms with E-state index in [2.05, 4.69) is 15.5 Å². The molecule has 0 aromatic carbocycles. The lowest BCUT2D eigenvalue weighted by Gasteiger charge is -2.23. The highest BCUT2D eigenvalue weighted by Crippen LogP contribution is 2.15. The number of ether oxygens (including phenoxy) is 1. The predicted octanol–water partition coefficient (Wildman–Crippen LogP) is 1.94. The fourth-order valence-electron chi connectivity index (χ4n) is 0.973. The Balaban J connectivity index is 2.74. The van der Waals surface area contributed by atoms with Crippen LogP contribution in [0.15, 0.2) is 6.07 Å². The molecular weight excluding hydrogens is 265 g/mol. The van der Waals surface area contributed by atoms with Gasteiger partial charge in [-0.1, -0.05) is 23.2 Å². The second-order valence-corrected chi connectivity index (χ2v) is 4.76. The van der Waals surface area contributed by atoms with Gasteiger partial charge in [-0.05, 0) is 19.9 Å². The molecule has 0 spiro atoms. The highest BCUT2D eigenvalue weighted by molar-refractivity contribution is 6.34. The molecule has 0 aliphatic heterocycles. The summed E-state index contributed by atoms with van der Waals surface area (Å²) in [6.07, 6.45) is 0. The average Bonchev–Trinajstić information content (AvgIpc) is 2.29. The zero-order valence-corrected chi connectivity index (χ0v) is 11.3. The molecule has 1 heterocycles. The summed E-state index contributed by atoms with van der Waals surface area (Å²) in [5.41, 5.74) is -0.259. The molecule has 7 heteroatoms. The first-order valence-corrected chi connectivity index (χ1v) is 5.63. The minimum absolute atomic E-state index is 0.0159. The summed E-state index contributed by atoms with van der Waals surface area (Å²) in [4.78, 5) is 11.8. The van der Waals surface area contributed by atoms with Gasteiger partial charge in [-0.3, -0.25) is 4.79 Å². The Bertz CT molecular complexity index is 424. The maximum atomic E-state index is 11.8. The standard InChI is InChI=1S/C10H13Cl2N3O2/c1-10(2,17-3)5-13-9(16)6-4-7(11)14-15-8(6)12/h4H,5H2,1-3H3,(H,13,16). The van der Waals surface area contributed by atoms with E-state index < -0.39 is 5.60 Å². The number of rotatable bonds is 4. The van der Waals surface area contributed by atoms with Gasteiger partial charge in [0, 0.05) is 13.7 Å². The second kappa shape index (κ2) is 5.62. The van der Waals surface area contributed by atoms with Crippen molar-refractivity contribution < 1.29 is 9.53 Å². The average molecular weight is 278 g/mol. The van der Waals surface area contributed by atoms with Crippen molar-refractivity contribution in [1.29, 1.82) is 0 Å². The summed E-state index contributed by atoms with van der Waals surface area (Å²) in [6.45, 7) is 4.05. The summed E-state index contributed by atoms with van der Waals surface area (Å²) in [6, 6.07) is 1.37. The molecule has 0 saturated carbocycles. The van der Waals surface area contributed by atoms with Crippen LogP contribution in [0.3, 0.4) is 0 Å². The van der Waals surface area contributed by atoms with E-state index in [0.717, 1.165) is 0 Å². The van der Waals surface area contributed by atoms with Gasteiger partial charge in [0.15, 0.2) is 10.3 Å². The molecule has 1 aromatic rings. The van der Waals surface area contributed by atoms with Crippen molar-refractivity contribution in [2.75, 3.05) is 13.7 Å². The summed E-state index contributed by atoms with van der Waals surface area (Å²) < 4.78 is 5.18. The van der Waals surface area contributed by atoms with Crippen LogP contribution in [0.5, 0.6) is 0 Å². The van der Waals surface area contributed by atoms with Crippen molar-refractivity contribution in [1.82, 2.24) is 15.5 Å². The molecule has 0 unspecified atom stereocenters. The number of nitrogens with zero attached hydrogens (tertiary/aromatic N) is 2. The molecule has 0 aliphatic carbocycles. The van der Waals surface area contributed by atoms with E-state index in [9.17, 15) is 4.79 Å². The summed E-state index contributed by atoms with van der Waals surface area (Å²) >= 11 is 11.4. The molecule has 1 amide bonds. The lowest BCUT2D eigenvalue weighted by Crippen LogP contribution is -2.39. The molecule has 0 bridgehead atoms. The van der Waals surface area contributed by atoms with E-state index in [1.807, 2.05) is 13.8 Å². The van der Waals surface area contributed by atoms with E-state index in [0.29, 0.717) is 6.54 Å². The molecule has 1 rings (SSSR count). The number of hydrogen-bond acceptors (Lipinski definition) is 4. The quantitative estimate of drug-likeness (QED) is 0.914. The maximum Gasteiger partial charge on any atom is 0.254 e. The van der Waals surface area contributed by atoms with Gasteiger partial charge in [0.25, 0.3) is 5.91 Å². The molecule has 0 atom stereocenters. The normalized spacial score (nSPS) is 11.4. The van der Waals surface area contributed by atoms with Gasteiger partial charge in [0.2, 0.25) is 0 Å². The van der Waals surface area contributed by atoms with Gasteiger partial charge >= 0.3 is 0 Å². The van der Waals surface area contributed by atoms with Crippen molar-refractivity contribution in [3.63, 3.8) is 0 Å². The van der Waals surface area contributed by atoms with Crippen LogP contribution in [0.1, 0.15) is 24.2 Å². The predicted molar refractivity (Wildman–Crippen MR) is 65.5 cm³/mol. The highest BCUT2D eigenvalue weighted by Gasteiger charge is 2.19. The van der Waals surface area contributed by atoms with Crippen LogP contribution in [0, 0.1) is 0 Å². The third-order valence-electron chi connectivity index (χ3n) is 2.19. The zero-order valence-electron chi connectivity index (χ0n) is 9.75. The first-order valence-electron chi connectivity index (χ1n) is 4.88. The number of nitrogens with one attached hydrogen (secondary N) is 1. The van der Waals surface area contributed by atoms with E-state index in [4.69, 9.17) is 27.9 Å². The Morgan fingerprint density at radius 2 is 2.12 bits per heavy atom. The lowest BCUT2D eigenvalue weighted by molar-refractivity contribution is 0.0228. The molecule has 1 N–H and O–H groups in total. The smallest absolute Gasteiger partial charge is 0.254 e. The van der Waals surface area contributed by atoms with Crippen molar-refractivity contribution in [3.05, 3.63) is 21.9 Å². The first kappa shape index (κ1) is 14.2. The highest BCUT2D eigenvalue weighted by atomic mass is 35.5. The van der Waals surface area contributed by atoms with E-state index in [1.165, 1.54) is 6.07 Å². The number of carbonyl (C=O) groups excluding carboxylic acids is 1. The number of aromatic nitrogens is 2. The number of carbonyl (C=O) groups is 1. The summed E-state index contributed by atoms with van der Waals surface area (Å²) in [5.74, 6) is -0.364. The van der Waals surface area contributed by atoms with Crippen LogP contribution >= 0.6 is 23.2 Å². The van der Waals surface area contributed by atoms with Gasteiger partial charge in [-0.2, -0.15) is 0 Å². The SMILES string of the molecule is COC(C)(C)CNC(=O)c1cc(Cl)nnc1Cl. The molecule has 0 radical (unpaired) electrons. The van der Waals surface area contributed by atoms with Crippen molar-refractivity contribution in [3.8, 4) is 0 Å². The first-order chi connectivity index (χ1) is 7.85. The Kier molecular flexibility index (Phi) is 4.68. The Morgan fingerprint density at radius 1 is 1.47 bits per heavy atom. The lowest BCUT2D eigenvalue weighted by atomic mass is 10.1. The zero-order chi connectivity index (χ0) is 13.1. The molecule has 5 nitrogen and oxygen atoms in total. The van der Waals surface area contributed by atoms with E-state index in [1.54, 1.807) is 7.11 Å². The van der Waals surface area contributed by atoms with E-state index in [-0.39, 0.29) is 21.8 Å². The molecule has 0 saturated heterocycles. The van der Waals surface area contributed by atoms with E-state index >= 15 is 0 Å². The number of halogens is 2. The van der Waals surface area contributed by atoms with Crippen molar-refractivity contribution >= 4 is 29.1 Å². The minimum atomic E-state index is -0.452. The fraction of sp³-hybridized carbons (Fsp3) is 0.500. The van der Waals surface area contributed by atoms with Gasteiger partial charge in [0.1, 0.15) is 0 Å². The monoisotopic (exact) mass is 277 g/mol. The molecule has 94 valence electrons. The van der Waals surface area contributed by atoms with Crippen molar-refractivity contribution in [2.24, 2.45) is 0 Å². The third kappa shape index (κ3) is 4.11. The van der Waals surface area contributed by atoms with Gasteiger partial charge < -0.3 is 10.1 Å². The van der Waals surface area contributed by atoms with Crippen LogP contribution in [-0.2, 0) is 4.74 Å². The topological polar surface area (TPSA) is 64.1 Å². The molecule has 0 fully saturated rings. The Morgan fingerprint density at radius 3 is 2.71 bits per heavy atom. The van der Waals surface area contributed by atoms with Crippen LogP contribution in [0.2, 0.25) is 10.3 Å². The van der Waals surface area contributed by atoms with Gasteiger partial charge in [-0.15, -0.1) is 10.2 Å². The van der Waals surface area contributed by atoms with Crippen LogP contribution < -0.4 is 5.32 Å². The minimum Gasteiger partial charge on any atom is -0.377 e. The maximum absolute atomic E-state index is 11.8. The fourth-order valence-corrected chi connectivity index (χ4v) is 1.30. The van der Waals surface area contributed by atoms with Gasteiger partial charge in [-0.25, -0.2) is 0 Å². The van der Waals surface area contributed by atoms with Crippen LogP contribution in [0.4, 0.5) is 0 Å². The molecule has 0 aliphatic rings. The third-order valence-corrected chi connectivity index (χ3v) is 2.65. The second-order valence-electron chi connectivity index (χ2n) is 4.02. The van der Waals surface area contributed by atoms with Gasteiger partial charge in [0.05, 0.1) is 11.2 Å². The molecule has 1 aromatic heterocycles. The van der Waals surface area contributed by atoms with Crippen molar-refractivity contribution in [2.45, 2.75) is 19.4 Å². The largest absolute Gasteiger partial charge is 0.377 e. The Hall–Kier alpha value is -0.910. The molecule has 17 heavy (non-hydrogen) atoms. The summed E-state index contributed by atoms with van der Waals surface area (Å²) in [7, 11) is 1.57. The van der Waals surface area contributed by atoms with Crippen LogP contribution in [0.25, 0.3) is 0 Å². The number of methoxy groups -OCH3 is 1.